The van der Waals surface area contributed by atoms with Crippen molar-refractivity contribution >= 4 is 17.3 Å². The lowest BCUT2D eigenvalue weighted by Crippen LogP contribution is -2.01. The lowest BCUT2D eigenvalue weighted by atomic mass is 10.2. The molecule has 1 aromatic carbocycles. The second-order valence-corrected chi connectivity index (χ2v) is 4.10. The second-order valence-electron chi connectivity index (χ2n) is 3.67. The molecule has 0 saturated heterocycles. The van der Waals surface area contributed by atoms with Crippen LogP contribution in [0.2, 0.25) is 5.02 Å². The van der Waals surface area contributed by atoms with E-state index >= 15 is 0 Å². The standard InChI is InChI=1S/C13H13ClN2O2/c1-17-12-6-5-11(15)13(16-12)18-8-9-3-2-4-10(14)7-9/h2-7H,8,15H2,1H3. The Morgan fingerprint density at radius 1 is 1.28 bits per heavy atom. The molecule has 0 fully saturated rings. The highest BCUT2D eigenvalue weighted by atomic mass is 35.5. The van der Waals surface area contributed by atoms with Gasteiger partial charge in [0.2, 0.25) is 11.8 Å². The Morgan fingerprint density at radius 3 is 2.83 bits per heavy atom. The number of methoxy groups -OCH3 is 1. The van der Waals surface area contributed by atoms with Gasteiger partial charge in [0.25, 0.3) is 0 Å². The molecule has 1 heterocycles. The average Bonchev–Trinajstić information content (AvgIpc) is 2.38. The molecular weight excluding hydrogens is 252 g/mol. The zero-order chi connectivity index (χ0) is 13.0. The molecule has 0 saturated carbocycles. The Bertz CT molecular complexity index is 546. The molecular formula is C13H13ClN2O2. The topological polar surface area (TPSA) is 57.4 Å². The Labute approximate surface area is 110 Å². The molecule has 18 heavy (non-hydrogen) atoms. The van der Waals surface area contributed by atoms with Crippen LogP contribution in [0.1, 0.15) is 5.56 Å². The molecule has 0 aliphatic heterocycles. The van der Waals surface area contributed by atoms with E-state index in [1.165, 1.54) is 0 Å². The summed E-state index contributed by atoms with van der Waals surface area (Å²) in [5.74, 6) is 0.819. The van der Waals surface area contributed by atoms with Crippen LogP contribution in [-0.2, 0) is 6.61 Å². The van der Waals surface area contributed by atoms with Crippen LogP contribution in [0.4, 0.5) is 5.69 Å². The maximum absolute atomic E-state index is 5.89. The molecule has 0 aliphatic rings. The summed E-state index contributed by atoms with van der Waals surface area (Å²) in [6, 6.07) is 10.8. The zero-order valence-corrected chi connectivity index (χ0v) is 10.6. The fraction of sp³-hybridized carbons (Fsp3) is 0.154. The fourth-order valence-electron chi connectivity index (χ4n) is 1.44. The monoisotopic (exact) mass is 264 g/mol. The van der Waals surface area contributed by atoms with Gasteiger partial charge in [0.15, 0.2) is 0 Å². The van der Waals surface area contributed by atoms with Crippen LogP contribution in [0.5, 0.6) is 11.8 Å². The summed E-state index contributed by atoms with van der Waals surface area (Å²) in [4.78, 5) is 4.13. The summed E-state index contributed by atoms with van der Waals surface area (Å²) < 4.78 is 10.6. The number of nitrogen functional groups attached to an aromatic ring is 1. The van der Waals surface area contributed by atoms with Gasteiger partial charge in [-0.15, -0.1) is 0 Å². The van der Waals surface area contributed by atoms with Gasteiger partial charge in [0.05, 0.1) is 12.8 Å². The molecule has 1 aromatic heterocycles. The van der Waals surface area contributed by atoms with E-state index in [0.29, 0.717) is 29.1 Å². The molecule has 0 atom stereocenters. The first-order valence-electron chi connectivity index (χ1n) is 5.37. The van der Waals surface area contributed by atoms with E-state index in [4.69, 9.17) is 26.8 Å². The number of halogens is 1. The second kappa shape index (κ2) is 5.60. The van der Waals surface area contributed by atoms with Crippen molar-refractivity contribution in [3.63, 3.8) is 0 Å². The van der Waals surface area contributed by atoms with E-state index in [9.17, 15) is 0 Å². The molecule has 5 heteroatoms. The number of hydrogen-bond donors (Lipinski definition) is 1. The maximum atomic E-state index is 5.89. The minimum absolute atomic E-state index is 0.352. The predicted octanol–water partition coefficient (Wildman–Crippen LogP) is 2.90. The highest BCUT2D eigenvalue weighted by Gasteiger charge is 2.05. The Balaban J connectivity index is 2.10. The van der Waals surface area contributed by atoms with E-state index in [1.807, 2.05) is 24.3 Å². The van der Waals surface area contributed by atoms with Crippen LogP contribution in [0.25, 0.3) is 0 Å². The molecule has 2 N–H and O–H groups in total. The van der Waals surface area contributed by atoms with Gasteiger partial charge in [0, 0.05) is 11.1 Å². The molecule has 0 bridgehead atoms. The first kappa shape index (κ1) is 12.5. The summed E-state index contributed by atoms with van der Waals surface area (Å²) in [5, 5.41) is 0.669. The minimum Gasteiger partial charge on any atom is -0.481 e. The quantitative estimate of drug-likeness (QED) is 0.922. The van der Waals surface area contributed by atoms with Crippen LogP contribution in [-0.4, -0.2) is 12.1 Å². The van der Waals surface area contributed by atoms with Gasteiger partial charge in [-0.2, -0.15) is 4.98 Å². The van der Waals surface area contributed by atoms with Gasteiger partial charge < -0.3 is 15.2 Å². The third kappa shape index (κ3) is 3.05. The number of aromatic nitrogens is 1. The van der Waals surface area contributed by atoms with Crippen molar-refractivity contribution in [2.45, 2.75) is 6.61 Å². The third-order valence-corrected chi connectivity index (χ3v) is 2.57. The van der Waals surface area contributed by atoms with Crippen molar-refractivity contribution in [1.29, 1.82) is 0 Å². The van der Waals surface area contributed by atoms with Crippen LogP contribution in [0.15, 0.2) is 36.4 Å². The molecule has 0 amide bonds. The van der Waals surface area contributed by atoms with Crippen molar-refractivity contribution in [1.82, 2.24) is 4.98 Å². The smallest absolute Gasteiger partial charge is 0.240 e. The normalized spacial score (nSPS) is 10.1. The van der Waals surface area contributed by atoms with E-state index in [1.54, 1.807) is 19.2 Å². The van der Waals surface area contributed by atoms with Gasteiger partial charge >= 0.3 is 0 Å². The molecule has 2 rings (SSSR count). The number of rotatable bonds is 4. The number of anilines is 1. The van der Waals surface area contributed by atoms with Crippen LogP contribution in [0.3, 0.4) is 0 Å². The molecule has 0 unspecified atom stereocenters. The number of pyridine rings is 1. The lowest BCUT2D eigenvalue weighted by molar-refractivity contribution is 0.289. The maximum Gasteiger partial charge on any atom is 0.240 e. The highest BCUT2D eigenvalue weighted by molar-refractivity contribution is 6.30. The van der Waals surface area contributed by atoms with E-state index < -0.39 is 0 Å². The van der Waals surface area contributed by atoms with E-state index in [2.05, 4.69) is 4.98 Å². The van der Waals surface area contributed by atoms with Gasteiger partial charge in [-0.3, -0.25) is 0 Å². The SMILES string of the molecule is COc1ccc(N)c(OCc2cccc(Cl)c2)n1. The van der Waals surface area contributed by atoms with Gasteiger partial charge in [-0.05, 0) is 23.8 Å². The van der Waals surface area contributed by atoms with Crippen molar-refractivity contribution in [3.05, 3.63) is 47.0 Å². The molecule has 94 valence electrons. The van der Waals surface area contributed by atoms with E-state index in [-0.39, 0.29) is 0 Å². The van der Waals surface area contributed by atoms with Crippen LogP contribution >= 0.6 is 11.6 Å². The predicted molar refractivity (Wildman–Crippen MR) is 71.0 cm³/mol. The highest BCUT2D eigenvalue weighted by Crippen LogP contribution is 2.23. The third-order valence-electron chi connectivity index (χ3n) is 2.34. The van der Waals surface area contributed by atoms with Crippen molar-refractivity contribution < 1.29 is 9.47 Å². The Morgan fingerprint density at radius 2 is 2.11 bits per heavy atom. The average molecular weight is 265 g/mol. The summed E-state index contributed by atoms with van der Waals surface area (Å²) in [7, 11) is 1.54. The fourth-order valence-corrected chi connectivity index (χ4v) is 1.65. The zero-order valence-electron chi connectivity index (χ0n) is 9.89. The van der Waals surface area contributed by atoms with E-state index in [0.717, 1.165) is 5.56 Å². The van der Waals surface area contributed by atoms with Crippen LogP contribution < -0.4 is 15.2 Å². The molecule has 0 radical (unpaired) electrons. The van der Waals surface area contributed by atoms with Crippen molar-refractivity contribution in [2.75, 3.05) is 12.8 Å². The summed E-state index contributed by atoms with van der Waals surface area (Å²) in [6.45, 7) is 0.352. The molecule has 2 aromatic rings. The summed E-state index contributed by atoms with van der Waals surface area (Å²) in [5.41, 5.74) is 7.19. The Hall–Kier alpha value is -1.94. The van der Waals surface area contributed by atoms with Gasteiger partial charge in [-0.25, -0.2) is 0 Å². The van der Waals surface area contributed by atoms with Gasteiger partial charge in [-0.1, -0.05) is 23.7 Å². The molecule has 0 spiro atoms. The molecule has 0 aliphatic carbocycles. The lowest BCUT2D eigenvalue weighted by Gasteiger charge is -2.09. The number of benzene rings is 1. The number of nitrogens with two attached hydrogens (primary N) is 1. The number of nitrogens with zero attached hydrogens (tertiary/aromatic N) is 1. The molecule has 4 nitrogen and oxygen atoms in total. The largest absolute Gasteiger partial charge is 0.481 e. The van der Waals surface area contributed by atoms with Crippen molar-refractivity contribution in [2.24, 2.45) is 0 Å². The number of hydrogen-bond acceptors (Lipinski definition) is 4. The summed E-state index contributed by atoms with van der Waals surface area (Å²) in [6.07, 6.45) is 0. The Kier molecular flexibility index (Phi) is 3.89. The number of ether oxygens (including phenoxy) is 2. The summed E-state index contributed by atoms with van der Waals surface area (Å²) >= 11 is 5.89. The minimum atomic E-state index is 0.352. The van der Waals surface area contributed by atoms with Crippen LogP contribution in [0, 0.1) is 0 Å². The first-order valence-corrected chi connectivity index (χ1v) is 5.74. The first-order chi connectivity index (χ1) is 8.69. The van der Waals surface area contributed by atoms with Gasteiger partial charge in [0.1, 0.15) is 6.61 Å². The van der Waals surface area contributed by atoms with Crippen molar-refractivity contribution in [3.8, 4) is 11.8 Å².